The summed E-state index contributed by atoms with van der Waals surface area (Å²) >= 11 is 0. The maximum Gasteiger partial charge on any atom is 0.228 e. The quantitative estimate of drug-likeness (QED) is 0.593. The summed E-state index contributed by atoms with van der Waals surface area (Å²) in [5.74, 6) is -1.77. The van der Waals surface area contributed by atoms with E-state index in [1.165, 1.54) is 6.07 Å². The van der Waals surface area contributed by atoms with E-state index in [1.54, 1.807) is 18.2 Å². The van der Waals surface area contributed by atoms with Crippen molar-refractivity contribution in [2.75, 3.05) is 6.54 Å². The molecule has 1 unspecified atom stereocenters. The van der Waals surface area contributed by atoms with Crippen molar-refractivity contribution in [1.29, 1.82) is 5.26 Å². The minimum atomic E-state index is -0.857. The van der Waals surface area contributed by atoms with Gasteiger partial charge in [0, 0.05) is 60.2 Å². The van der Waals surface area contributed by atoms with E-state index in [0.29, 0.717) is 41.9 Å². The lowest BCUT2D eigenvalue weighted by atomic mass is 9.92. The van der Waals surface area contributed by atoms with Gasteiger partial charge in [0.25, 0.3) is 0 Å². The predicted molar refractivity (Wildman–Crippen MR) is 130 cm³/mol. The van der Waals surface area contributed by atoms with Crippen molar-refractivity contribution in [1.82, 2.24) is 14.7 Å². The molecule has 2 heterocycles. The lowest BCUT2D eigenvalue weighted by molar-refractivity contribution is -0.140. The molecule has 2 aliphatic rings. The van der Waals surface area contributed by atoms with Gasteiger partial charge in [0.05, 0.1) is 30.0 Å². The number of hydrogen-bond acceptors (Lipinski definition) is 4. The summed E-state index contributed by atoms with van der Waals surface area (Å²) < 4.78 is 30.2. The van der Waals surface area contributed by atoms with Gasteiger partial charge in [-0.3, -0.25) is 9.48 Å². The number of aliphatic hydroxyl groups is 1. The Hall–Kier alpha value is -3.57. The van der Waals surface area contributed by atoms with Crippen molar-refractivity contribution < 1.29 is 18.7 Å². The second-order valence-electron chi connectivity index (χ2n) is 10.7. The molecule has 0 spiro atoms. The highest BCUT2D eigenvalue weighted by Crippen LogP contribution is 2.39. The molecule has 6 nitrogen and oxygen atoms in total. The molecule has 5 rings (SSSR count). The van der Waals surface area contributed by atoms with Gasteiger partial charge in [0.1, 0.15) is 11.6 Å². The SMILES string of the molecule is CC(C)(C)C(=O)N1CCc2c(c(-c3cccc(C#N)c3)nn2CC2c3cc(F)cc(F)c3C[C@H]2O)C1. The van der Waals surface area contributed by atoms with E-state index >= 15 is 0 Å². The number of aromatic nitrogens is 2. The van der Waals surface area contributed by atoms with Crippen LogP contribution in [0.15, 0.2) is 36.4 Å². The van der Waals surface area contributed by atoms with E-state index in [0.717, 1.165) is 22.9 Å². The normalized spacial score (nSPS) is 19.1. The Morgan fingerprint density at radius 3 is 2.72 bits per heavy atom. The van der Waals surface area contributed by atoms with E-state index in [-0.39, 0.29) is 18.9 Å². The molecule has 3 aromatic rings. The topological polar surface area (TPSA) is 82.2 Å². The molecule has 1 aliphatic heterocycles. The highest BCUT2D eigenvalue weighted by molar-refractivity contribution is 5.82. The van der Waals surface area contributed by atoms with E-state index in [2.05, 4.69) is 6.07 Å². The minimum Gasteiger partial charge on any atom is -0.392 e. The number of nitrogens with zero attached hydrogens (tertiary/aromatic N) is 4. The molecule has 8 heteroatoms. The fraction of sp³-hybridized carbons (Fsp3) is 0.393. The number of carbonyl (C=O) groups is 1. The molecule has 0 bridgehead atoms. The zero-order valence-electron chi connectivity index (χ0n) is 20.6. The Balaban J connectivity index is 1.58. The van der Waals surface area contributed by atoms with Crippen molar-refractivity contribution in [2.24, 2.45) is 5.41 Å². The molecule has 186 valence electrons. The minimum absolute atomic E-state index is 0.0451. The third kappa shape index (κ3) is 4.18. The molecular weight excluding hydrogens is 462 g/mol. The lowest BCUT2D eigenvalue weighted by Gasteiger charge is -2.33. The molecule has 1 aliphatic carbocycles. The van der Waals surface area contributed by atoms with Crippen LogP contribution in [0.4, 0.5) is 8.78 Å². The molecular formula is C28H28F2N4O2. The van der Waals surface area contributed by atoms with E-state index in [9.17, 15) is 23.9 Å². The predicted octanol–water partition coefficient (Wildman–Crippen LogP) is 4.33. The van der Waals surface area contributed by atoms with Gasteiger partial charge < -0.3 is 10.0 Å². The molecule has 1 amide bonds. The fourth-order valence-electron chi connectivity index (χ4n) is 5.39. The first-order chi connectivity index (χ1) is 17.1. The number of hydrogen-bond donors (Lipinski definition) is 1. The van der Waals surface area contributed by atoms with Crippen LogP contribution in [0.1, 0.15) is 54.6 Å². The van der Waals surface area contributed by atoms with Crippen molar-refractivity contribution in [3.8, 4) is 17.3 Å². The molecule has 0 saturated carbocycles. The van der Waals surface area contributed by atoms with Crippen LogP contribution in [0.2, 0.25) is 0 Å². The summed E-state index contributed by atoms with van der Waals surface area (Å²) in [6.07, 6.45) is -0.167. The zero-order chi connectivity index (χ0) is 25.8. The van der Waals surface area contributed by atoms with Gasteiger partial charge in [-0.1, -0.05) is 32.9 Å². The molecule has 0 saturated heterocycles. The maximum atomic E-state index is 14.4. The molecule has 0 radical (unpaired) electrons. The summed E-state index contributed by atoms with van der Waals surface area (Å²) in [5, 5.41) is 25.0. The second-order valence-corrected chi connectivity index (χ2v) is 10.7. The van der Waals surface area contributed by atoms with E-state index in [1.807, 2.05) is 36.4 Å². The number of halogens is 2. The number of amides is 1. The van der Waals surface area contributed by atoms with Crippen molar-refractivity contribution in [3.63, 3.8) is 0 Å². The molecule has 36 heavy (non-hydrogen) atoms. The standard InChI is InChI=1S/C28H28F2N4O2/c1-28(2,3)27(36)33-8-7-24-22(14-33)26(17-6-4-5-16(9-17)13-31)32-34(24)15-21-19-10-18(29)11-23(30)20(19)12-25(21)35/h4-6,9-11,21,25,35H,7-8,12,14-15H2,1-3H3/t21?,25-/m1/s1. The molecule has 1 aromatic heterocycles. The first-order valence-electron chi connectivity index (χ1n) is 12.1. The van der Waals surface area contributed by atoms with Gasteiger partial charge >= 0.3 is 0 Å². The number of fused-ring (bicyclic) bond motifs is 2. The Morgan fingerprint density at radius 1 is 1.22 bits per heavy atom. The summed E-state index contributed by atoms with van der Waals surface area (Å²) in [4.78, 5) is 14.9. The van der Waals surface area contributed by atoms with Crippen LogP contribution in [0.5, 0.6) is 0 Å². The fourth-order valence-corrected chi connectivity index (χ4v) is 5.39. The van der Waals surface area contributed by atoms with Crippen LogP contribution in [-0.2, 0) is 30.7 Å². The Labute approximate surface area is 208 Å². The van der Waals surface area contributed by atoms with Crippen LogP contribution in [0.25, 0.3) is 11.3 Å². The molecule has 0 fully saturated rings. The van der Waals surface area contributed by atoms with Crippen molar-refractivity contribution >= 4 is 5.91 Å². The van der Waals surface area contributed by atoms with E-state index < -0.39 is 29.1 Å². The van der Waals surface area contributed by atoms with Crippen LogP contribution >= 0.6 is 0 Å². The smallest absolute Gasteiger partial charge is 0.228 e. The van der Waals surface area contributed by atoms with Gasteiger partial charge in [-0.15, -0.1) is 0 Å². The number of benzene rings is 2. The summed E-state index contributed by atoms with van der Waals surface area (Å²) in [7, 11) is 0. The van der Waals surface area contributed by atoms with Crippen molar-refractivity contribution in [3.05, 3.63) is 76.0 Å². The highest BCUT2D eigenvalue weighted by atomic mass is 19.1. The summed E-state index contributed by atoms with van der Waals surface area (Å²) in [6, 6.07) is 11.5. The third-order valence-electron chi connectivity index (χ3n) is 7.17. The second kappa shape index (κ2) is 8.82. The van der Waals surface area contributed by atoms with Crippen molar-refractivity contribution in [2.45, 2.75) is 58.7 Å². The highest BCUT2D eigenvalue weighted by Gasteiger charge is 2.37. The van der Waals surface area contributed by atoms with Crippen LogP contribution in [0.3, 0.4) is 0 Å². The van der Waals surface area contributed by atoms with Gasteiger partial charge in [-0.05, 0) is 29.3 Å². The largest absolute Gasteiger partial charge is 0.392 e. The Morgan fingerprint density at radius 2 is 2.00 bits per heavy atom. The number of nitriles is 1. The van der Waals surface area contributed by atoms with Gasteiger partial charge in [-0.2, -0.15) is 10.4 Å². The molecule has 2 aromatic carbocycles. The molecule has 2 atom stereocenters. The third-order valence-corrected chi connectivity index (χ3v) is 7.17. The average molecular weight is 491 g/mol. The van der Waals surface area contributed by atoms with Crippen LogP contribution in [-0.4, -0.2) is 38.3 Å². The monoisotopic (exact) mass is 490 g/mol. The Bertz CT molecular complexity index is 1400. The number of rotatable bonds is 3. The van der Waals surface area contributed by atoms with E-state index in [4.69, 9.17) is 5.10 Å². The maximum absolute atomic E-state index is 14.4. The van der Waals surface area contributed by atoms with Gasteiger partial charge in [-0.25, -0.2) is 8.78 Å². The zero-order valence-corrected chi connectivity index (χ0v) is 20.6. The Kier molecular flexibility index (Phi) is 5.92. The molecule has 1 N–H and O–H groups in total. The average Bonchev–Trinajstić information content (AvgIpc) is 3.35. The summed E-state index contributed by atoms with van der Waals surface area (Å²) in [5.41, 5.74) is 4.05. The summed E-state index contributed by atoms with van der Waals surface area (Å²) in [6.45, 7) is 6.84. The first kappa shape index (κ1) is 24.1. The van der Waals surface area contributed by atoms with Crippen LogP contribution in [0, 0.1) is 28.4 Å². The number of carbonyl (C=O) groups excluding carboxylic acids is 1. The lowest BCUT2D eigenvalue weighted by Crippen LogP contribution is -2.42. The number of aliphatic hydroxyl groups excluding tert-OH is 1. The first-order valence-corrected chi connectivity index (χ1v) is 12.1. The van der Waals surface area contributed by atoms with Gasteiger partial charge in [0.15, 0.2) is 0 Å². The van der Waals surface area contributed by atoms with Crippen LogP contribution < -0.4 is 0 Å². The van der Waals surface area contributed by atoms with Gasteiger partial charge in [0.2, 0.25) is 5.91 Å².